The van der Waals surface area contributed by atoms with Crippen molar-refractivity contribution in [3.05, 3.63) is 29.5 Å². The van der Waals surface area contributed by atoms with Gasteiger partial charge in [-0.2, -0.15) is 0 Å². The van der Waals surface area contributed by atoms with Crippen molar-refractivity contribution in [1.29, 1.82) is 0 Å². The fourth-order valence-corrected chi connectivity index (χ4v) is 6.78. The van der Waals surface area contributed by atoms with E-state index >= 15 is 0 Å². The quantitative estimate of drug-likeness (QED) is 0.614. The number of rotatable bonds is 7. The lowest BCUT2D eigenvalue weighted by atomic mass is 9.81. The summed E-state index contributed by atoms with van der Waals surface area (Å²) in [5, 5.41) is 4.66. The largest absolute Gasteiger partial charge is 0.358 e. The van der Waals surface area contributed by atoms with Crippen molar-refractivity contribution in [2.75, 3.05) is 30.9 Å². The fraction of sp³-hybridized carbons (Fsp3) is 0.625. The Labute approximate surface area is 207 Å². The Morgan fingerprint density at radius 3 is 2.71 bits per heavy atom. The summed E-state index contributed by atoms with van der Waals surface area (Å²) in [4.78, 5) is 26.4. The maximum absolute atomic E-state index is 13.5. The number of sulfone groups is 1. The van der Waals surface area contributed by atoms with Gasteiger partial charge in [0.05, 0.1) is 11.3 Å². The summed E-state index contributed by atoms with van der Waals surface area (Å²) in [6.45, 7) is 4.92. The number of benzene rings is 1. The number of halogens is 1. The molecule has 1 amide bonds. The van der Waals surface area contributed by atoms with E-state index in [4.69, 9.17) is 11.6 Å². The SMILES string of the molecule is CC(C)N(C)[C@@H]1CC[C@H](N2CC[C@H](Nc3ncnc4ccc(Cl)cc34)C2=O)[C@H](CS(C)(=O)=O)C1. The van der Waals surface area contributed by atoms with Crippen LogP contribution in [0, 0.1) is 5.92 Å². The van der Waals surface area contributed by atoms with E-state index in [1.165, 1.54) is 12.6 Å². The maximum atomic E-state index is 13.5. The van der Waals surface area contributed by atoms with Gasteiger partial charge in [0.2, 0.25) is 5.91 Å². The summed E-state index contributed by atoms with van der Waals surface area (Å²) in [6, 6.07) is 5.64. The molecule has 10 heteroatoms. The van der Waals surface area contributed by atoms with Crippen LogP contribution in [0.15, 0.2) is 24.5 Å². The Morgan fingerprint density at radius 1 is 1.24 bits per heavy atom. The monoisotopic (exact) mass is 507 g/mol. The molecule has 8 nitrogen and oxygen atoms in total. The van der Waals surface area contributed by atoms with Crippen LogP contribution in [0.4, 0.5) is 5.82 Å². The lowest BCUT2D eigenvalue weighted by Crippen LogP contribution is -2.52. The van der Waals surface area contributed by atoms with E-state index in [2.05, 4.69) is 41.1 Å². The van der Waals surface area contributed by atoms with Crippen LogP contribution >= 0.6 is 11.6 Å². The predicted octanol–water partition coefficient (Wildman–Crippen LogP) is 3.22. The number of carbonyl (C=O) groups is 1. The van der Waals surface area contributed by atoms with Crippen LogP contribution in [0.3, 0.4) is 0 Å². The first-order chi connectivity index (χ1) is 16.0. The van der Waals surface area contributed by atoms with Crippen molar-refractivity contribution >= 4 is 44.1 Å². The standard InChI is InChI=1S/C24H34ClN5O3S/c1-15(2)29(3)18-6-8-22(16(11-18)13-34(4,32)33)30-10-9-21(24(30)31)28-23-19-12-17(25)5-7-20(19)26-14-27-23/h5,7,12,14-16,18,21-22H,6,8-11,13H2,1-4H3,(H,26,27,28)/t16-,18+,21-,22-/m0/s1. The summed E-state index contributed by atoms with van der Waals surface area (Å²) in [5.41, 5.74) is 0.755. The van der Waals surface area contributed by atoms with Crippen molar-refractivity contribution < 1.29 is 13.2 Å². The topological polar surface area (TPSA) is 95.5 Å². The molecule has 1 saturated carbocycles. The number of aromatic nitrogens is 2. The Morgan fingerprint density at radius 2 is 2.00 bits per heavy atom. The number of nitrogens with one attached hydrogen (secondary N) is 1. The van der Waals surface area contributed by atoms with E-state index in [1.54, 1.807) is 12.1 Å². The molecule has 2 heterocycles. The van der Waals surface area contributed by atoms with E-state index in [9.17, 15) is 13.2 Å². The molecule has 0 bridgehead atoms. The van der Waals surface area contributed by atoms with Gasteiger partial charge >= 0.3 is 0 Å². The van der Waals surface area contributed by atoms with Gasteiger partial charge in [-0.05, 0) is 70.7 Å². The van der Waals surface area contributed by atoms with Crippen LogP contribution in [0.25, 0.3) is 10.9 Å². The summed E-state index contributed by atoms with van der Waals surface area (Å²) < 4.78 is 24.5. The highest BCUT2D eigenvalue weighted by atomic mass is 35.5. The molecule has 186 valence electrons. The number of hydrogen-bond acceptors (Lipinski definition) is 7. The van der Waals surface area contributed by atoms with E-state index < -0.39 is 15.9 Å². The molecule has 0 radical (unpaired) electrons. The van der Waals surface area contributed by atoms with Crippen LogP contribution in [-0.4, -0.2) is 83.9 Å². The van der Waals surface area contributed by atoms with Crippen molar-refractivity contribution in [2.45, 2.75) is 63.7 Å². The fourth-order valence-electron chi connectivity index (χ4n) is 5.47. The first-order valence-corrected chi connectivity index (χ1v) is 14.3. The molecule has 2 aromatic rings. The van der Waals surface area contributed by atoms with Crippen molar-refractivity contribution in [3.8, 4) is 0 Å². The maximum Gasteiger partial charge on any atom is 0.245 e. The van der Waals surface area contributed by atoms with Gasteiger partial charge in [-0.3, -0.25) is 4.79 Å². The van der Waals surface area contributed by atoms with Crippen LogP contribution in [0.5, 0.6) is 0 Å². The molecule has 1 aliphatic heterocycles. The summed E-state index contributed by atoms with van der Waals surface area (Å²) in [5.74, 6) is 0.628. The second kappa shape index (κ2) is 9.95. The normalized spacial score (nSPS) is 26.1. The van der Waals surface area contributed by atoms with Gasteiger partial charge in [-0.25, -0.2) is 18.4 Å². The minimum atomic E-state index is -3.17. The second-order valence-electron chi connectivity index (χ2n) is 10.0. The second-order valence-corrected chi connectivity index (χ2v) is 12.7. The Kier molecular flexibility index (Phi) is 7.36. The summed E-state index contributed by atoms with van der Waals surface area (Å²) in [6.07, 6.45) is 5.96. The molecule has 0 spiro atoms. The third-order valence-corrected chi connectivity index (χ3v) is 8.64. The van der Waals surface area contributed by atoms with Crippen LogP contribution < -0.4 is 5.32 Å². The summed E-state index contributed by atoms with van der Waals surface area (Å²) >= 11 is 6.17. The Balaban J connectivity index is 1.52. The van der Waals surface area contributed by atoms with Gasteiger partial charge in [0, 0.05) is 41.3 Å². The molecule has 2 aliphatic rings. The Hall–Kier alpha value is -1.97. The molecule has 1 N–H and O–H groups in total. The summed E-state index contributed by atoms with van der Waals surface area (Å²) in [7, 11) is -1.06. The molecular weight excluding hydrogens is 474 g/mol. The van der Waals surface area contributed by atoms with E-state index in [-0.39, 0.29) is 23.6 Å². The lowest BCUT2D eigenvalue weighted by molar-refractivity contribution is -0.132. The molecular formula is C24H34ClN5O3S. The van der Waals surface area contributed by atoms with Crippen molar-refractivity contribution in [2.24, 2.45) is 5.92 Å². The molecule has 1 aromatic heterocycles. The van der Waals surface area contributed by atoms with Crippen LogP contribution in [0.2, 0.25) is 5.02 Å². The molecule has 34 heavy (non-hydrogen) atoms. The average Bonchev–Trinajstić information content (AvgIpc) is 3.12. The minimum absolute atomic E-state index is 0.00737. The zero-order valence-corrected chi connectivity index (χ0v) is 21.8. The number of anilines is 1. The lowest BCUT2D eigenvalue weighted by Gasteiger charge is -2.44. The molecule has 1 aromatic carbocycles. The van der Waals surface area contributed by atoms with Crippen LogP contribution in [-0.2, 0) is 14.6 Å². The van der Waals surface area contributed by atoms with Gasteiger partial charge < -0.3 is 15.1 Å². The molecule has 1 saturated heterocycles. The number of carbonyl (C=O) groups excluding carboxylic acids is 1. The third-order valence-electron chi connectivity index (χ3n) is 7.37. The van der Waals surface area contributed by atoms with E-state index in [0.29, 0.717) is 35.9 Å². The third kappa shape index (κ3) is 5.47. The van der Waals surface area contributed by atoms with Crippen molar-refractivity contribution in [3.63, 3.8) is 0 Å². The number of hydrogen-bond donors (Lipinski definition) is 1. The van der Waals surface area contributed by atoms with Crippen LogP contribution in [0.1, 0.15) is 39.5 Å². The minimum Gasteiger partial charge on any atom is -0.358 e. The Bertz CT molecular complexity index is 1160. The highest BCUT2D eigenvalue weighted by Gasteiger charge is 2.43. The molecule has 4 rings (SSSR count). The predicted molar refractivity (Wildman–Crippen MR) is 136 cm³/mol. The molecule has 4 atom stereocenters. The first kappa shape index (κ1) is 25.1. The van der Waals surface area contributed by atoms with E-state index in [1.807, 2.05) is 11.0 Å². The highest BCUT2D eigenvalue weighted by Crippen LogP contribution is 2.35. The zero-order chi connectivity index (χ0) is 24.6. The molecule has 2 fully saturated rings. The number of nitrogens with zero attached hydrogens (tertiary/aromatic N) is 4. The molecule has 1 aliphatic carbocycles. The average molecular weight is 508 g/mol. The smallest absolute Gasteiger partial charge is 0.245 e. The zero-order valence-electron chi connectivity index (χ0n) is 20.2. The number of amides is 1. The van der Waals surface area contributed by atoms with Gasteiger partial charge in [-0.15, -0.1) is 0 Å². The van der Waals surface area contributed by atoms with Gasteiger partial charge in [0.25, 0.3) is 0 Å². The van der Waals surface area contributed by atoms with E-state index in [0.717, 1.165) is 30.2 Å². The van der Waals surface area contributed by atoms with Gasteiger partial charge in [0.1, 0.15) is 28.0 Å². The van der Waals surface area contributed by atoms with Gasteiger partial charge in [-0.1, -0.05) is 11.6 Å². The van der Waals surface area contributed by atoms with Crippen molar-refractivity contribution in [1.82, 2.24) is 19.8 Å². The first-order valence-electron chi connectivity index (χ1n) is 11.9. The molecule has 0 unspecified atom stereocenters. The van der Waals surface area contributed by atoms with Gasteiger partial charge in [0.15, 0.2) is 0 Å². The number of fused-ring (bicyclic) bond motifs is 1. The highest BCUT2D eigenvalue weighted by molar-refractivity contribution is 7.90. The number of likely N-dealkylation sites (tertiary alicyclic amines) is 1.